The molecule has 30 heavy (non-hydrogen) atoms. The van der Waals surface area contributed by atoms with Gasteiger partial charge in [0.2, 0.25) is 0 Å². The minimum atomic E-state index is -0.399. The summed E-state index contributed by atoms with van der Waals surface area (Å²) in [5.74, 6) is -0.653. The Morgan fingerprint density at radius 3 is 2.80 bits per heavy atom. The highest BCUT2D eigenvalue weighted by Gasteiger charge is 2.28. The average molecular weight is 435 g/mol. The molecule has 0 saturated carbocycles. The Balaban J connectivity index is 1.59. The van der Waals surface area contributed by atoms with Crippen molar-refractivity contribution in [2.24, 2.45) is 0 Å². The molecule has 0 aliphatic heterocycles. The number of ether oxygens (including phenoxy) is 1. The molecule has 3 aromatic heterocycles. The van der Waals surface area contributed by atoms with Gasteiger partial charge in [0.25, 0.3) is 5.91 Å². The van der Waals surface area contributed by atoms with E-state index in [0.717, 1.165) is 51.2 Å². The molecule has 5 nitrogen and oxygen atoms in total. The zero-order valence-electron chi connectivity index (χ0n) is 16.2. The summed E-state index contributed by atoms with van der Waals surface area (Å²) >= 11 is 3.06. The molecular weight excluding hydrogens is 416 g/mol. The Bertz CT molecular complexity index is 1280. The van der Waals surface area contributed by atoms with Crippen molar-refractivity contribution in [3.8, 4) is 10.6 Å². The van der Waals surface area contributed by atoms with Gasteiger partial charge in [-0.15, -0.1) is 22.7 Å². The maximum Gasteiger partial charge on any atom is 0.341 e. The van der Waals surface area contributed by atoms with E-state index in [4.69, 9.17) is 9.72 Å². The lowest BCUT2D eigenvalue weighted by atomic mass is 10.1. The van der Waals surface area contributed by atoms with E-state index in [0.29, 0.717) is 16.1 Å². The predicted molar refractivity (Wildman–Crippen MR) is 121 cm³/mol. The maximum absolute atomic E-state index is 13.4. The highest BCUT2D eigenvalue weighted by atomic mass is 32.1. The second-order valence-corrected chi connectivity index (χ2v) is 9.11. The first-order valence-electron chi connectivity index (χ1n) is 9.63. The molecule has 1 N–H and O–H groups in total. The second kappa shape index (κ2) is 7.66. The summed E-state index contributed by atoms with van der Waals surface area (Å²) in [5.41, 5.74) is 3.57. The molecule has 1 aliphatic rings. The third kappa shape index (κ3) is 3.20. The highest BCUT2D eigenvalue weighted by Crippen LogP contribution is 2.40. The topological polar surface area (TPSA) is 68.3 Å². The van der Waals surface area contributed by atoms with Crippen LogP contribution in [0.25, 0.3) is 21.5 Å². The summed E-state index contributed by atoms with van der Waals surface area (Å²) < 4.78 is 4.99. The smallest absolute Gasteiger partial charge is 0.341 e. The number of hydrogen-bond acceptors (Lipinski definition) is 6. The van der Waals surface area contributed by atoms with E-state index < -0.39 is 5.97 Å². The third-order valence-corrected chi connectivity index (χ3v) is 7.37. The van der Waals surface area contributed by atoms with Crippen LogP contribution in [0, 0.1) is 0 Å². The number of aryl methyl sites for hydroxylation is 1. The molecule has 1 amide bonds. The molecule has 3 heterocycles. The molecule has 0 spiro atoms. The summed E-state index contributed by atoms with van der Waals surface area (Å²) in [5, 5.41) is 6.32. The van der Waals surface area contributed by atoms with Gasteiger partial charge in [-0.2, -0.15) is 0 Å². The van der Waals surface area contributed by atoms with Crippen LogP contribution < -0.4 is 5.32 Å². The normalized spacial score (nSPS) is 12.7. The van der Waals surface area contributed by atoms with Crippen molar-refractivity contribution < 1.29 is 14.3 Å². The number of amides is 1. The van der Waals surface area contributed by atoms with Crippen LogP contribution in [-0.4, -0.2) is 24.0 Å². The van der Waals surface area contributed by atoms with Gasteiger partial charge in [-0.1, -0.05) is 24.3 Å². The quantitative estimate of drug-likeness (QED) is 0.428. The van der Waals surface area contributed by atoms with Crippen LogP contribution in [0.15, 0.2) is 47.8 Å². The van der Waals surface area contributed by atoms with Crippen molar-refractivity contribution in [2.75, 3.05) is 12.4 Å². The fourth-order valence-corrected chi connectivity index (χ4v) is 5.85. The van der Waals surface area contributed by atoms with Gasteiger partial charge < -0.3 is 10.1 Å². The van der Waals surface area contributed by atoms with Crippen molar-refractivity contribution in [1.82, 2.24) is 4.98 Å². The first kappa shape index (κ1) is 19.0. The number of carbonyl (C=O) groups is 2. The largest absolute Gasteiger partial charge is 0.465 e. The number of para-hydroxylation sites is 1. The number of methoxy groups -OCH3 is 1. The van der Waals surface area contributed by atoms with Crippen molar-refractivity contribution in [2.45, 2.75) is 19.3 Å². The second-order valence-electron chi connectivity index (χ2n) is 7.06. The van der Waals surface area contributed by atoms with Crippen molar-refractivity contribution in [3.05, 3.63) is 69.4 Å². The molecule has 0 radical (unpaired) electrons. The van der Waals surface area contributed by atoms with E-state index >= 15 is 0 Å². The first-order chi connectivity index (χ1) is 14.7. The number of benzene rings is 1. The van der Waals surface area contributed by atoms with Crippen LogP contribution in [0.2, 0.25) is 0 Å². The summed E-state index contributed by atoms with van der Waals surface area (Å²) in [6.45, 7) is 0. The number of thiophene rings is 2. The molecule has 0 unspecified atom stereocenters. The molecule has 4 aromatic rings. The Kier molecular flexibility index (Phi) is 4.84. The lowest BCUT2D eigenvalue weighted by Gasteiger charge is -2.10. The standard InChI is InChI=1S/C23H18N2O3S2/c1-28-23(27)20-14-7-4-9-18(14)30-22(20)25-21(26)15-12-17(19-10-5-11-29-19)24-16-8-3-2-6-13(15)16/h2-3,5-6,8,10-12H,4,7,9H2,1H3,(H,25,26). The molecule has 0 fully saturated rings. The molecule has 0 atom stereocenters. The number of pyridine rings is 1. The molecule has 1 aromatic carbocycles. The number of nitrogens with one attached hydrogen (secondary N) is 1. The van der Waals surface area contributed by atoms with Gasteiger partial charge >= 0.3 is 5.97 Å². The van der Waals surface area contributed by atoms with Crippen LogP contribution in [0.4, 0.5) is 5.00 Å². The molecule has 5 rings (SSSR count). The number of anilines is 1. The van der Waals surface area contributed by atoms with Crippen LogP contribution in [-0.2, 0) is 17.6 Å². The Labute approximate surface area is 181 Å². The molecule has 7 heteroatoms. The van der Waals surface area contributed by atoms with Gasteiger partial charge in [-0.05, 0) is 48.4 Å². The van der Waals surface area contributed by atoms with E-state index in [2.05, 4.69) is 5.32 Å². The number of hydrogen-bond donors (Lipinski definition) is 1. The van der Waals surface area contributed by atoms with Crippen LogP contribution in [0.3, 0.4) is 0 Å². The first-order valence-corrected chi connectivity index (χ1v) is 11.3. The van der Waals surface area contributed by atoms with Gasteiger partial charge in [0.15, 0.2) is 0 Å². The molecular formula is C23H18N2O3S2. The predicted octanol–water partition coefficient (Wildman–Crippen LogP) is 5.55. The van der Waals surface area contributed by atoms with E-state index in [9.17, 15) is 9.59 Å². The highest BCUT2D eigenvalue weighted by molar-refractivity contribution is 7.17. The van der Waals surface area contributed by atoms with Gasteiger partial charge in [-0.3, -0.25) is 4.79 Å². The molecule has 0 bridgehead atoms. The summed E-state index contributed by atoms with van der Waals surface area (Å²) in [4.78, 5) is 32.7. The number of carbonyl (C=O) groups excluding carboxylic acids is 2. The van der Waals surface area contributed by atoms with E-state index in [1.54, 1.807) is 11.3 Å². The summed E-state index contributed by atoms with van der Waals surface area (Å²) in [7, 11) is 1.37. The monoisotopic (exact) mass is 434 g/mol. The lowest BCUT2D eigenvalue weighted by Crippen LogP contribution is -2.15. The molecule has 1 aliphatic carbocycles. The number of nitrogens with zero attached hydrogens (tertiary/aromatic N) is 1. The van der Waals surface area contributed by atoms with Crippen LogP contribution in [0.1, 0.15) is 37.6 Å². The number of esters is 1. The summed E-state index contributed by atoms with van der Waals surface area (Å²) in [6.07, 6.45) is 2.80. The van der Waals surface area contributed by atoms with Gasteiger partial charge in [0.1, 0.15) is 5.00 Å². The fourth-order valence-electron chi connectivity index (χ4n) is 3.89. The van der Waals surface area contributed by atoms with Crippen molar-refractivity contribution >= 4 is 50.5 Å². The number of rotatable bonds is 4. The maximum atomic E-state index is 13.4. The third-order valence-electron chi connectivity index (χ3n) is 5.27. The summed E-state index contributed by atoms with van der Waals surface area (Å²) in [6, 6.07) is 13.4. The number of fused-ring (bicyclic) bond motifs is 2. The Morgan fingerprint density at radius 1 is 1.13 bits per heavy atom. The van der Waals surface area contributed by atoms with Crippen molar-refractivity contribution in [1.29, 1.82) is 0 Å². The molecule has 0 saturated heterocycles. The van der Waals surface area contributed by atoms with Gasteiger partial charge in [0, 0.05) is 10.3 Å². The lowest BCUT2D eigenvalue weighted by molar-refractivity contribution is 0.0601. The SMILES string of the molecule is COC(=O)c1c(NC(=O)c2cc(-c3cccs3)nc3ccccc23)sc2c1CCC2. The number of aromatic nitrogens is 1. The van der Waals surface area contributed by atoms with Crippen LogP contribution in [0.5, 0.6) is 0 Å². The zero-order chi connectivity index (χ0) is 20.7. The van der Waals surface area contributed by atoms with Gasteiger partial charge in [-0.25, -0.2) is 9.78 Å². The Hall–Kier alpha value is -3.03. The minimum Gasteiger partial charge on any atom is -0.465 e. The van der Waals surface area contributed by atoms with Gasteiger partial charge in [0.05, 0.1) is 34.3 Å². The zero-order valence-corrected chi connectivity index (χ0v) is 17.9. The fraction of sp³-hybridized carbons (Fsp3) is 0.174. The van der Waals surface area contributed by atoms with E-state index in [1.807, 2.05) is 47.8 Å². The van der Waals surface area contributed by atoms with E-state index in [-0.39, 0.29) is 5.91 Å². The van der Waals surface area contributed by atoms with E-state index in [1.165, 1.54) is 18.4 Å². The molecule has 150 valence electrons. The van der Waals surface area contributed by atoms with Crippen molar-refractivity contribution in [3.63, 3.8) is 0 Å². The minimum absolute atomic E-state index is 0.253. The Morgan fingerprint density at radius 2 is 2.00 bits per heavy atom. The van der Waals surface area contributed by atoms with Crippen LogP contribution >= 0.6 is 22.7 Å². The average Bonchev–Trinajstić information content (AvgIpc) is 3.50.